The third-order valence-electron chi connectivity index (χ3n) is 6.08. The van der Waals surface area contributed by atoms with Crippen molar-refractivity contribution in [2.45, 2.75) is 38.8 Å². The number of aromatic nitrogens is 5. The minimum absolute atomic E-state index is 0.0560. The SMILES string of the molecule is COCCn1nnnc1C1(N2CCOCC2)CCCN(C(=O)c2c(C)noc2C)C1. The molecule has 0 N–H and O–H groups in total. The monoisotopic (exact) mass is 419 g/mol. The van der Waals surface area contributed by atoms with Crippen LogP contribution < -0.4 is 0 Å². The van der Waals surface area contributed by atoms with Gasteiger partial charge in [-0.1, -0.05) is 5.16 Å². The number of methoxy groups -OCH3 is 1. The van der Waals surface area contributed by atoms with Gasteiger partial charge in [0.05, 0.1) is 32.1 Å². The number of carbonyl (C=O) groups excluding carboxylic acids is 1. The number of piperidine rings is 1. The van der Waals surface area contributed by atoms with Crippen LogP contribution in [0.3, 0.4) is 0 Å². The van der Waals surface area contributed by atoms with E-state index in [-0.39, 0.29) is 5.91 Å². The van der Waals surface area contributed by atoms with Crippen LogP contribution in [0.2, 0.25) is 0 Å². The number of likely N-dealkylation sites (tertiary alicyclic amines) is 1. The van der Waals surface area contributed by atoms with Gasteiger partial charge in [-0.15, -0.1) is 5.10 Å². The molecule has 4 rings (SSSR count). The Balaban J connectivity index is 1.69. The maximum absolute atomic E-state index is 13.4. The zero-order valence-electron chi connectivity index (χ0n) is 17.8. The van der Waals surface area contributed by atoms with Gasteiger partial charge in [0.25, 0.3) is 5.91 Å². The number of nitrogens with zero attached hydrogens (tertiary/aromatic N) is 7. The van der Waals surface area contributed by atoms with Crippen LogP contribution in [0.1, 0.15) is 40.5 Å². The zero-order chi connectivity index (χ0) is 21.1. The predicted molar refractivity (Wildman–Crippen MR) is 105 cm³/mol. The van der Waals surface area contributed by atoms with E-state index in [0.717, 1.165) is 31.8 Å². The molecule has 2 saturated heterocycles. The molecule has 2 aromatic rings. The van der Waals surface area contributed by atoms with E-state index in [9.17, 15) is 4.79 Å². The average Bonchev–Trinajstić information content (AvgIpc) is 3.39. The lowest BCUT2D eigenvalue weighted by atomic mass is 9.85. The number of rotatable bonds is 6. The van der Waals surface area contributed by atoms with Crippen molar-refractivity contribution in [3.8, 4) is 0 Å². The lowest BCUT2D eigenvalue weighted by molar-refractivity contribution is -0.0573. The first-order valence-electron chi connectivity index (χ1n) is 10.4. The second kappa shape index (κ2) is 8.78. The van der Waals surface area contributed by atoms with Gasteiger partial charge in [-0.2, -0.15) is 0 Å². The van der Waals surface area contributed by atoms with E-state index >= 15 is 0 Å². The molecule has 30 heavy (non-hydrogen) atoms. The highest BCUT2D eigenvalue weighted by atomic mass is 16.5. The molecule has 0 aromatic carbocycles. The van der Waals surface area contributed by atoms with E-state index in [2.05, 4.69) is 25.6 Å². The molecule has 0 aliphatic carbocycles. The predicted octanol–water partition coefficient (Wildman–Crippen LogP) is 0.388. The van der Waals surface area contributed by atoms with Crippen LogP contribution in [0, 0.1) is 13.8 Å². The van der Waals surface area contributed by atoms with E-state index in [1.807, 2.05) is 9.58 Å². The number of tetrazole rings is 1. The molecule has 2 aliphatic rings. The third-order valence-corrected chi connectivity index (χ3v) is 6.08. The zero-order valence-corrected chi connectivity index (χ0v) is 17.8. The summed E-state index contributed by atoms with van der Waals surface area (Å²) >= 11 is 0. The molecule has 1 unspecified atom stereocenters. The lowest BCUT2D eigenvalue weighted by Gasteiger charge is -2.49. The van der Waals surface area contributed by atoms with Gasteiger partial charge < -0.3 is 18.9 Å². The minimum Gasteiger partial charge on any atom is -0.383 e. The Morgan fingerprint density at radius 1 is 1.23 bits per heavy atom. The standard InChI is InChI=1S/C19H29N7O4/c1-14-16(15(2)30-21-14)17(27)24-6-4-5-19(13-24,25-7-11-29-12-8-25)18-20-22-23-26(18)9-10-28-3/h4-13H2,1-3H3. The number of hydrogen-bond acceptors (Lipinski definition) is 9. The van der Waals surface area contributed by atoms with Crippen molar-refractivity contribution in [1.82, 2.24) is 35.2 Å². The molecule has 11 heteroatoms. The van der Waals surface area contributed by atoms with Crippen molar-refractivity contribution < 1.29 is 18.8 Å². The van der Waals surface area contributed by atoms with E-state index in [1.54, 1.807) is 21.0 Å². The summed E-state index contributed by atoms with van der Waals surface area (Å²) in [4.78, 5) is 17.7. The maximum atomic E-state index is 13.4. The highest BCUT2D eigenvalue weighted by Gasteiger charge is 2.48. The van der Waals surface area contributed by atoms with Gasteiger partial charge in [0, 0.05) is 33.3 Å². The molecule has 2 fully saturated rings. The number of hydrogen-bond donors (Lipinski definition) is 0. The summed E-state index contributed by atoms with van der Waals surface area (Å²) in [5.74, 6) is 1.27. The first-order valence-corrected chi connectivity index (χ1v) is 10.4. The van der Waals surface area contributed by atoms with Crippen LogP contribution in [0.5, 0.6) is 0 Å². The van der Waals surface area contributed by atoms with E-state index in [0.29, 0.717) is 56.5 Å². The van der Waals surface area contributed by atoms with E-state index in [4.69, 9.17) is 14.0 Å². The molecular formula is C19H29N7O4. The quantitative estimate of drug-likeness (QED) is 0.656. The van der Waals surface area contributed by atoms with Crippen molar-refractivity contribution in [1.29, 1.82) is 0 Å². The molecule has 0 spiro atoms. The van der Waals surface area contributed by atoms with Gasteiger partial charge in [0.1, 0.15) is 16.9 Å². The van der Waals surface area contributed by atoms with Crippen LogP contribution >= 0.6 is 0 Å². The van der Waals surface area contributed by atoms with Crippen LogP contribution in [0.4, 0.5) is 0 Å². The fraction of sp³-hybridized carbons (Fsp3) is 0.737. The lowest BCUT2D eigenvalue weighted by Crippen LogP contribution is -2.61. The number of carbonyl (C=O) groups is 1. The molecular weight excluding hydrogens is 390 g/mol. The number of ether oxygens (including phenoxy) is 2. The fourth-order valence-corrected chi connectivity index (χ4v) is 4.60. The summed E-state index contributed by atoms with van der Waals surface area (Å²) in [6, 6.07) is 0. The largest absolute Gasteiger partial charge is 0.383 e. The van der Waals surface area contributed by atoms with Gasteiger partial charge in [0.15, 0.2) is 5.82 Å². The number of morpholine rings is 1. The van der Waals surface area contributed by atoms with Crippen molar-refractivity contribution in [3.63, 3.8) is 0 Å². The summed E-state index contributed by atoms with van der Waals surface area (Å²) in [6.07, 6.45) is 1.72. The number of aryl methyl sites for hydroxylation is 2. The van der Waals surface area contributed by atoms with Gasteiger partial charge >= 0.3 is 0 Å². The summed E-state index contributed by atoms with van der Waals surface area (Å²) in [5.41, 5.74) is 0.685. The molecule has 1 atom stereocenters. The van der Waals surface area contributed by atoms with Crippen LogP contribution in [-0.4, -0.2) is 94.2 Å². The Morgan fingerprint density at radius 3 is 2.73 bits per heavy atom. The first-order chi connectivity index (χ1) is 14.6. The van der Waals surface area contributed by atoms with Crippen LogP contribution in [0.25, 0.3) is 0 Å². The topological polar surface area (TPSA) is 112 Å². The van der Waals surface area contributed by atoms with Crippen molar-refractivity contribution in [2.24, 2.45) is 0 Å². The summed E-state index contributed by atoms with van der Waals surface area (Å²) < 4.78 is 17.9. The highest BCUT2D eigenvalue weighted by molar-refractivity contribution is 5.96. The second-order valence-corrected chi connectivity index (χ2v) is 7.88. The summed E-state index contributed by atoms with van der Waals surface area (Å²) in [6.45, 7) is 8.67. The van der Waals surface area contributed by atoms with Gasteiger partial charge in [-0.3, -0.25) is 9.69 Å². The third kappa shape index (κ3) is 3.72. The normalized spacial score (nSPS) is 23.1. The van der Waals surface area contributed by atoms with Crippen LogP contribution in [0.15, 0.2) is 4.52 Å². The molecule has 2 aliphatic heterocycles. The molecule has 0 bridgehead atoms. The Morgan fingerprint density at radius 2 is 2.03 bits per heavy atom. The smallest absolute Gasteiger partial charge is 0.259 e. The Kier molecular flexibility index (Phi) is 6.11. The van der Waals surface area contributed by atoms with Gasteiger partial charge in [-0.25, -0.2) is 4.68 Å². The first kappa shape index (κ1) is 20.9. The second-order valence-electron chi connectivity index (χ2n) is 7.88. The average molecular weight is 419 g/mol. The van der Waals surface area contributed by atoms with Crippen molar-refractivity contribution >= 4 is 5.91 Å². The molecule has 0 saturated carbocycles. The Labute approximate surface area is 175 Å². The number of amides is 1. The van der Waals surface area contributed by atoms with Crippen molar-refractivity contribution in [3.05, 3.63) is 22.8 Å². The molecule has 4 heterocycles. The maximum Gasteiger partial charge on any atom is 0.259 e. The van der Waals surface area contributed by atoms with Gasteiger partial charge in [-0.05, 0) is 37.1 Å². The summed E-state index contributed by atoms with van der Waals surface area (Å²) in [7, 11) is 1.66. The van der Waals surface area contributed by atoms with E-state index < -0.39 is 5.54 Å². The van der Waals surface area contributed by atoms with Gasteiger partial charge in [0.2, 0.25) is 0 Å². The molecule has 11 nitrogen and oxygen atoms in total. The Bertz CT molecular complexity index is 857. The highest BCUT2D eigenvalue weighted by Crippen LogP contribution is 2.37. The molecule has 2 aromatic heterocycles. The van der Waals surface area contributed by atoms with Crippen molar-refractivity contribution in [2.75, 3.05) is 53.1 Å². The molecule has 0 radical (unpaired) electrons. The van der Waals surface area contributed by atoms with Crippen LogP contribution in [-0.2, 0) is 21.6 Å². The minimum atomic E-state index is -0.478. The van der Waals surface area contributed by atoms with E-state index in [1.165, 1.54) is 0 Å². The molecule has 1 amide bonds. The molecule has 164 valence electrons. The summed E-state index contributed by atoms with van der Waals surface area (Å²) in [5, 5.41) is 16.5. The fourth-order valence-electron chi connectivity index (χ4n) is 4.60. The Hall–Kier alpha value is -2.37.